The van der Waals surface area contributed by atoms with Gasteiger partial charge in [-0.3, -0.25) is 0 Å². The van der Waals surface area contributed by atoms with Crippen LogP contribution in [0.1, 0.15) is 25.8 Å². The van der Waals surface area contributed by atoms with Gasteiger partial charge < -0.3 is 15.8 Å². The number of pyridine rings is 1. The molecule has 1 saturated heterocycles. The van der Waals surface area contributed by atoms with Crippen LogP contribution >= 0.6 is 24.0 Å². The lowest BCUT2D eigenvalue weighted by Gasteiger charge is -2.27. The van der Waals surface area contributed by atoms with Gasteiger partial charge in [-0.2, -0.15) is 5.10 Å². The van der Waals surface area contributed by atoms with E-state index < -0.39 is 0 Å². The molecule has 32 heavy (non-hydrogen) atoms. The van der Waals surface area contributed by atoms with E-state index in [9.17, 15) is 0 Å². The summed E-state index contributed by atoms with van der Waals surface area (Å²) >= 11 is 5.88. The van der Waals surface area contributed by atoms with E-state index in [1.807, 2.05) is 28.9 Å². The van der Waals surface area contributed by atoms with Gasteiger partial charge in [0.05, 0.1) is 16.5 Å². The standard InChI is InChI=1S/C22H22ClN7O.ClH/c1-13-2-6-16(11-25-13)30-22-19(21(24)27-12-28-22)20(29-30)14-3-7-17(8-4-14)31-18-9-5-15(23)10-26-18;/h3-5,7-10,12-13,16,25H,2,6,11H2,1H3,(H2,24,27,28);1H. The summed E-state index contributed by atoms with van der Waals surface area (Å²) in [4.78, 5) is 12.9. The predicted molar refractivity (Wildman–Crippen MR) is 127 cm³/mol. The van der Waals surface area contributed by atoms with Gasteiger partial charge in [0, 0.05) is 30.4 Å². The van der Waals surface area contributed by atoms with Gasteiger partial charge in [0.2, 0.25) is 5.88 Å². The van der Waals surface area contributed by atoms with E-state index >= 15 is 0 Å². The van der Waals surface area contributed by atoms with Crippen molar-refractivity contribution >= 4 is 40.9 Å². The first-order chi connectivity index (χ1) is 15.1. The third kappa shape index (κ3) is 4.34. The number of halogens is 2. The molecule has 10 heteroatoms. The highest BCUT2D eigenvalue weighted by molar-refractivity contribution is 6.30. The van der Waals surface area contributed by atoms with Gasteiger partial charge in [-0.05, 0) is 50.1 Å². The van der Waals surface area contributed by atoms with Gasteiger partial charge in [-0.1, -0.05) is 11.6 Å². The Labute approximate surface area is 196 Å². The number of nitrogens with zero attached hydrogens (tertiary/aromatic N) is 5. The van der Waals surface area contributed by atoms with Crippen LogP contribution in [0, 0.1) is 0 Å². The number of aromatic nitrogens is 5. The number of rotatable bonds is 4. The predicted octanol–water partition coefficient (Wildman–Crippen LogP) is 4.65. The molecule has 2 unspecified atom stereocenters. The fourth-order valence-electron chi connectivity index (χ4n) is 3.87. The molecule has 0 radical (unpaired) electrons. The molecule has 2 atom stereocenters. The maximum atomic E-state index is 6.24. The maximum Gasteiger partial charge on any atom is 0.219 e. The Kier molecular flexibility index (Phi) is 6.45. The van der Waals surface area contributed by atoms with Crippen molar-refractivity contribution in [3.05, 3.63) is 53.9 Å². The molecule has 4 aromatic rings. The molecule has 166 valence electrons. The fourth-order valence-corrected chi connectivity index (χ4v) is 3.98. The molecule has 5 rings (SSSR count). The molecule has 0 spiro atoms. The van der Waals surface area contributed by atoms with E-state index in [-0.39, 0.29) is 18.4 Å². The average Bonchev–Trinajstić information content (AvgIpc) is 3.17. The number of hydrogen-bond donors (Lipinski definition) is 2. The summed E-state index contributed by atoms with van der Waals surface area (Å²) < 4.78 is 7.78. The average molecular weight is 472 g/mol. The van der Waals surface area contributed by atoms with Crippen molar-refractivity contribution in [2.24, 2.45) is 0 Å². The second-order valence-electron chi connectivity index (χ2n) is 7.73. The summed E-state index contributed by atoms with van der Waals surface area (Å²) in [6.45, 7) is 3.05. The normalized spacial score (nSPS) is 18.3. The molecule has 1 fully saturated rings. The molecule has 1 aliphatic heterocycles. The van der Waals surface area contributed by atoms with Crippen LogP contribution in [0.3, 0.4) is 0 Å². The number of ether oxygens (including phenoxy) is 1. The number of nitrogens with one attached hydrogen (secondary N) is 1. The van der Waals surface area contributed by atoms with Gasteiger partial charge in [0.25, 0.3) is 0 Å². The molecular weight excluding hydrogens is 449 g/mol. The van der Waals surface area contributed by atoms with E-state index in [1.54, 1.807) is 18.3 Å². The zero-order valence-corrected chi connectivity index (χ0v) is 19.0. The number of nitrogens with two attached hydrogens (primary N) is 1. The smallest absolute Gasteiger partial charge is 0.219 e. The SMILES string of the molecule is CC1CCC(n2nc(-c3ccc(Oc4ccc(Cl)cn4)cc3)c3c(N)ncnc32)CN1.Cl. The first-order valence-electron chi connectivity index (χ1n) is 10.2. The van der Waals surface area contributed by atoms with E-state index in [1.165, 1.54) is 6.33 Å². The van der Waals surface area contributed by atoms with Crippen LogP contribution in [0.4, 0.5) is 5.82 Å². The van der Waals surface area contributed by atoms with Crippen molar-refractivity contribution in [1.29, 1.82) is 0 Å². The van der Waals surface area contributed by atoms with E-state index in [0.29, 0.717) is 28.5 Å². The topological polar surface area (TPSA) is 104 Å². The monoisotopic (exact) mass is 471 g/mol. The van der Waals surface area contributed by atoms with E-state index in [0.717, 1.165) is 41.7 Å². The first kappa shape index (κ1) is 22.3. The molecule has 4 heterocycles. The van der Waals surface area contributed by atoms with Crippen molar-refractivity contribution in [3.63, 3.8) is 0 Å². The summed E-state index contributed by atoms with van der Waals surface area (Å²) in [6, 6.07) is 11.8. The lowest BCUT2D eigenvalue weighted by atomic mass is 10.0. The van der Waals surface area contributed by atoms with Crippen LogP contribution in [0.2, 0.25) is 5.02 Å². The lowest BCUT2D eigenvalue weighted by molar-refractivity contribution is 0.309. The van der Waals surface area contributed by atoms with Crippen molar-refractivity contribution in [2.75, 3.05) is 12.3 Å². The van der Waals surface area contributed by atoms with Crippen molar-refractivity contribution < 1.29 is 4.74 Å². The van der Waals surface area contributed by atoms with Gasteiger partial charge in [-0.15, -0.1) is 12.4 Å². The Hall–Kier alpha value is -2.94. The number of nitrogen functional groups attached to an aromatic ring is 1. The molecule has 0 saturated carbocycles. The third-order valence-corrected chi connectivity index (χ3v) is 5.77. The molecule has 1 aliphatic rings. The van der Waals surface area contributed by atoms with Crippen molar-refractivity contribution in [3.8, 4) is 22.9 Å². The van der Waals surface area contributed by atoms with E-state index in [4.69, 9.17) is 27.2 Å². The Balaban J connectivity index is 0.00000245. The highest BCUT2D eigenvalue weighted by Gasteiger charge is 2.25. The zero-order valence-electron chi connectivity index (χ0n) is 17.4. The molecule has 8 nitrogen and oxygen atoms in total. The van der Waals surface area contributed by atoms with Crippen LogP contribution in [0.5, 0.6) is 11.6 Å². The third-order valence-electron chi connectivity index (χ3n) is 5.55. The molecule has 0 aliphatic carbocycles. The number of benzene rings is 1. The van der Waals surface area contributed by atoms with Crippen LogP contribution in [0.25, 0.3) is 22.3 Å². The summed E-state index contributed by atoms with van der Waals surface area (Å²) in [5, 5.41) is 9.78. The Morgan fingerprint density at radius 3 is 2.59 bits per heavy atom. The molecular formula is C22H23Cl2N7O. The molecule has 3 N–H and O–H groups in total. The fraction of sp³-hybridized carbons (Fsp3) is 0.273. The maximum absolute atomic E-state index is 6.24. The van der Waals surface area contributed by atoms with Crippen LogP contribution < -0.4 is 15.8 Å². The van der Waals surface area contributed by atoms with Gasteiger partial charge in [0.15, 0.2) is 5.65 Å². The second kappa shape index (κ2) is 9.28. The molecule has 0 bridgehead atoms. The summed E-state index contributed by atoms with van der Waals surface area (Å²) in [5.74, 6) is 1.56. The van der Waals surface area contributed by atoms with Crippen LogP contribution in [-0.4, -0.2) is 37.3 Å². The summed E-state index contributed by atoms with van der Waals surface area (Å²) in [5.41, 5.74) is 8.68. The molecule has 0 amide bonds. The van der Waals surface area contributed by atoms with E-state index in [2.05, 4.69) is 27.2 Å². The minimum atomic E-state index is 0. The molecule has 3 aromatic heterocycles. The Bertz CT molecular complexity index is 1200. The van der Waals surface area contributed by atoms with Crippen molar-refractivity contribution in [1.82, 2.24) is 30.0 Å². The number of hydrogen-bond acceptors (Lipinski definition) is 7. The summed E-state index contributed by atoms with van der Waals surface area (Å²) in [6.07, 6.45) is 5.17. The first-order valence-corrected chi connectivity index (χ1v) is 10.6. The Morgan fingerprint density at radius 2 is 1.91 bits per heavy atom. The summed E-state index contributed by atoms with van der Waals surface area (Å²) in [7, 11) is 0. The van der Waals surface area contributed by atoms with Gasteiger partial charge in [-0.25, -0.2) is 19.6 Å². The highest BCUT2D eigenvalue weighted by Crippen LogP contribution is 2.34. The number of anilines is 1. The molecule has 1 aromatic carbocycles. The largest absolute Gasteiger partial charge is 0.439 e. The zero-order chi connectivity index (χ0) is 21.4. The number of fused-ring (bicyclic) bond motifs is 1. The minimum absolute atomic E-state index is 0. The van der Waals surface area contributed by atoms with Gasteiger partial charge >= 0.3 is 0 Å². The minimum Gasteiger partial charge on any atom is -0.439 e. The van der Waals surface area contributed by atoms with Crippen LogP contribution in [-0.2, 0) is 0 Å². The lowest BCUT2D eigenvalue weighted by Crippen LogP contribution is -2.38. The number of piperidine rings is 1. The van der Waals surface area contributed by atoms with Gasteiger partial charge in [0.1, 0.15) is 23.6 Å². The quantitative estimate of drug-likeness (QED) is 0.446. The van der Waals surface area contributed by atoms with Crippen LogP contribution in [0.15, 0.2) is 48.9 Å². The second-order valence-corrected chi connectivity index (χ2v) is 8.17. The highest BCUT2D eigenvalue weighted by atomic mass is 35.5. The Morgan fingerprint density at radius 1 is 1.09 bits per heavy atom. The van der Waals surface area contributed by atoms with Crippen molar-refractivity contribution in [2.45, 2.75) is 31.8 Å².